The summed E-state index contributed by atoms with van der Waals surface area (Å²) in [5, 5.41) is 9.16. The van der Waals surface area contributed by atoms with Gasteiger partial charge in [0.2, 0.25) is 0 Å². The van der Waals surface area contributed by atoms with Gasteiger partial charge in [0, 0.05) is 29.9 Å². The summed E-state index contributed by atoms with van der Waals surface area (Å²) in [4.78, 5) is 5.76. The molecule has 2 N–H and O–H groups in total. The van der Waals surface area contributed by atoms with E-state index in [0.29, 0.717) is 6.04 Å². The molecule has 2 atom stereocenters. The van der Waals surface area contributed by atoms with Crippen LogP contribution in [0.3, 0.4) is 0 Å². The molecule has 1 fully saturated rings. The van der Waals surface area contributed by atoms with Gasteiger partial charge in [0.25, 0.3) is 0 Å². The third-order valence-electron chi connectivity index (χ3n) is 4.01. The van der Waals surface area contributed by atoms with Crippen LogP contribution in [0, 0.1) is 5.92 Å². The van der Waals surface area contributed by atoms with Crippen LogP contribution < -0.4 is 10.6 Å². The summed E-state index contributed by atoms with van der Waals surface area (Å²) in [6, 6.07) is 4.96. The standard InChI is InChI=1S/C16H27N3S/c1-5-7-12-10-13(12)19-15(17-4)18-11-16(2,3)14-8-6-9-20-14/h6,8-9,12-13H,5,7,10-11H2,1-4H3,(H2,17,18,19). The first-order valence-electron chi connectivity index (χ1n) is 7.58. The molecule has 1 aliphatic carbocycles. The second-order valence-corrected chi connectivity index (χ2v) is 7.27. The van der Waals surface area contributed by atoms with E-state index in [0.717, 1.165) is 18.4 Å². The molecular formula is C16H27N3S. The Hall–Kier alpha value is -1.03. The molecule has 1 aromatic heterocycles. The smallest absolute Gasteiger partial charge is 0.191 e. The number of thiophene rings is 1. The third-order valence-corrected chi connectivity index (χ3v) is 5.25. The van der Waals surface area contributed by atoms with E-state index in [1.165, 1.54) is 24.1 Å². The molecule has 112 valence electrons. The molecule has 2 rings (SSSR count). The van der Waals surface area contributed by atoms with Gasteiger partial charge < -0.3 is 10.6 Å². The number of nitrogens with zero attached hydrogens (tertiary/aromatic N) is 1. The molecule has 4 heteroatoms. The van der Waals surface area contributed by atoms with Gasteiger partial charge in [-0.15, -0.1) is 11.3 Å². The van der Waals surface area contributed by atoms with Gasteiger partial charge in [-0.3, -0.25) is 4.99 Å². The van der Waals surface area contributed by atoms with E-state index >= 15 is 0 Å². The monoisotopic (exact) mass is 293 g/mol. The maximum atomic E-state index is 4.34. The van der Waals surface area contributed by atoms with Gasteiger partial charge in [-0.2, -0.15) is 0 Å². The fourth-order valence-corrected chi connectivity index (χ4v) is 3.39. The number of hydrogen-bond acceptors (Lipinski definition) is 2. The lowest BCUT2D eigenvalue weighted by Crippen LogP contribution is -2.44. The molecule has 0 amide bonds. The lowest BCUT2D eigenvalue weighted by atomic mass is 9.91. The Kier molecular flexibility index (Phi) is 5.08. The number of hydrogen-bond donors (Lipinski definition) is 2. The lowest BCUT2D eigenvalue weighted by Gasteiger charge is -2.25. The Morgan fingerprint density at radius 2 is 2.30 bits per heavy atom. The largest absolute Gasteiger partial charge is 0.356 e. The van der Waals surface area contributed by atoms with E-state index in [1.807, 2.05) is 18.4 Å². The van der Waals surface area contributed by atoms with Crippen molar-refractivity contribution in [2.24, 2.45) is 10.9 Å². The normalized spacial score (nSPS) is 22.7. The van der Waals surface area contributed by atoms with Crippen molar-refractivity contribution in [1.29, 1.82) is 0 Å². The summed E-state index contributed by atoms with van der Waals surface area (Å²) >= 11 is 1.82. The Morgan fingerprint density at radius 1 is 1.50 bits per heavy atom. The molecule has 0 spiro atoms. The third kappa shape index (κ3) is 3.98. The van der Waals surface area contributed by atoms with Gasteiger partial charge in [-0.25, -0.2) is 0 Å². The quantitative estimate of drug-likeness (QED) is 0.623. The minimum absolute atomic E-state index is 0.137. The van der Waals surface area contributed by atoms with Crippen LogP contribution in [0.15, 0.2) is 22.5 Å². The second kappa shape index (κ2) is 6.61. The highest BCUT2D eigenvalue weighted by molar-refractivity contribution is 7.10. The summed E-state index contributed by atoms with van der Waals surface area (Å²) < 4.78 is 0. The van der Waals surface area contributed by atoms with E-state index in [4.69, 9.17) is 0 Å². The summed E-state index contributed by atoms with van der Waals surface area (Å²) in [5.41, 5.74) is 0.137. The minimum Gasteiger partial charge on any atom is -0.356 e. The fourth-order valence-electron chi connectivity index (χ4n) is 2.54. The summed E-state index contributed by atoms with van der Waals surface area (Å²) in [7, 11) is 1.85. The highest BCUT2D eigenvalue weighted by atomic mass is 32.1. The predicted octanol–water partition coefficient (Wildman–Crippen LogP) is 3.38. The van der Waals surface area contributed by atoms with Crippen LogP contribution in [0.5, 0.6) is 0 Å². The van der Waals surface area contributed by atoms with Crippen LogP contribution >= 0.6 is 11.3 Å². The number of nitrogens with one attached hydrogen (secondary N) is 2. The molecule has 0 aliphatic heterocycles. The zero-order chi connectivity index (χ0) is 14.6. The van der Waals surface area contributed by atoms with E-state index in [1.54, 1.807) is 0 Å². The summed E-state index contributed by atoms with van der Waals surface area (Å²) in [5.74, 6) is 1.79. The van der Waals surface area contributed by atoms with Gasteiger partial charge in [-0.1, -0.05) is 33.3 Å². The van der Waals surface area contributed by atoms with E-state index in [-0.39, 0.29) is 5.41 Å². The van der Waals surface area contributed by atoms with Crippen molar-refractivity contribution in [2.75, 3.05) is 13.6 Å². The van der Waals surface area contributed by atoms with Crippen LogP contribution in [0.4, 0.5) is 0 Å². The Labute approximate surface area is 126 Å². The Bertz CT molecular complexity index is 437. The molecule has 1 saturated carbocycles. The first kappa shape index (κ1) is 15.4. The first-order valence-corrected chi connectivity index (χ1v) is 8.46. The summed E-state index contributed by atoms with van der Waals surface area (Å²) in [6.07, 6.45) is 3.90. The molecule has 0 aromatic carbocycles. The van der Waals surface area contributed by atoms with Crippen LogP contribution in [0.2, 0.25) is 0 Å². The van der Waals surface area contributed by atoms with Gasteiger partial charge in [-0.05, 0) is 30.2 Å². The van der Waals surface area contributed by atoms with Crippen molar-refractivity contribution < 1.29 is 0 Å². The zero-order valence-electron chi connectivity index (χ0n) is 13.1. The molecule has 3 nitrogen and oxygen atoms in total. The van der Waals surface area contributed by atoms with Crippen molar-refractivity contribution in [3.63, 3.8) is 0 Å². The average Bonchev–Trinajstić information content (AvgIpc) is 2.94. The van der Waals surface area contributed by atoms with Crippen LogP contribution in [-0.4, -0.2) is 25.6 Å². The molecule has 20 heavy (non-hydrogen) atoms. The number of rotatable bonds is 6. The molecular weight excluding hydrogens is 266 g/mol. The van der Waals surface area contributed by atoms with E-state index < -0.39 is 0 Å². The summed E-state index contributed by atoms with van der Waals surface area (Å²) in [6.45, 7) is 7.70. The van der Waals surface area contributed by atoms with Crippen molar-refractivity contribution in [1.82, 2.24) is 10.6 Å². The molecule has 0 bridgehead atoms. The van der Waals surface area contributed by atoms with Crippen LogP contribution in [-0.2, 0) is 5.41 Å². The highest BCUT2D eigenvalue weighted by Gasteiger charge is 2.36. The number of guanidine groups is 1. The van der Waals surface area contributed by atoms with Crippen LogP contribution in [0.1, 0.15) is 44.9 Å². The molecule has 1 heterocycles. The van der Waals surface area contributed by atoms with Crippen molar-refractivity contribution in [2.45, 2.75) is 51.5 Å². The lowest BCUT2D eigenvalue weighted by molar-refractivity contribution is 0.517. The molecule has 0 saturated heterocycles. The molecule has 1 aromatic rings. The predicted molar refractivity (Wildman–Crippen MR) is 88.6 cm³/mol. The fraction of sp³-hybridized carbons (Fsp3) is 0.688. The highest BCUT2D eigenvalue weighted by Crippen LogP contribution is 2.34. The maximum Gasteiger partial charge on any atom is 0.191 e. The molecule has 0 radical (unpaired) electrons. The number of aliphatic imine (C=N–C) groups is 1. The van der Waals surface area contributed by atoms with Crippen molar-refractivity contribution in [3.8, 4) is 0 Å². The van der Waals surface area contributed by atoms with Gasteiger partial charge in [0.1, 0.15) is 0 Å². The van der Waals surface area contributed by atoms with Crippen molar-refractivity contribution in [3.05, 3.63) is 22.4 Å². The molecule has 1 aliphatic rings. The average molecular weight is 293 g/mol. The van der Waals surface area contributed by atoms with E-state index in [2.05, 4.69) is 53.9 Å². The SMILES string of the molecule is CCCC1CC1NC(=NC)NCC(C)(C)c1cccs1. The van der Waals surface area contributed by atoms with E-state index in [9.17, 15) is 0 Å². The second-order valence-electron chi connectivity index (χ2n) is 6.32. The topological polar surface area (TPSA) is 36.4 Å². The molecule has 2 unspecified atom stereocenters. The Balaban J connectivity index is 1.80. The van der Waals surface area contributed by atoms with Gasteiger partial charge in [0.15, 0.2) is 5.96 Å². The first-order chi connectivity index (χ1) is 9.56. The van der Waals surface area contributed by atoms with Gasteiger partial charge in [0.05, 0.1) is 0 Å². The van der Waals surface area contributed by atoms with Gasteiger partial charge >= 0.3 is 0 Å². The maximum absolute atomic E-state index is 4.34. The van der Waals surface area contributed by atoms with Crippen LogP contribution in [0.25, 0.3) is 0 Å². The zero-order valence-corrected chi connectivity index (χ0v) is 13.9. The minimum atomic E-state index is 0.137. The Morgan fingerprint density at radius 3 is 2.90 bits per heavy atom. The van der Waals surface area contributed by atoms with Crippen molar-refractivity contribution >= 4 is 17.3 Å².